The number of nitrogens with zero attached hydrogens (tertiary/aromatic N) is 1. The molecule has 1 unspecified atom stereocenters. The Balaban J connectivity index is 1.96. The number of likely N-dealkylation sites (N-methyl/N-ethyl adjacent to an activating group) is 1. The van der Waals surface area contributed by atoms with E-state index >= 15 is 0 Å². The Labute approximate surface area is 105 Å². The Kier molecular flexibility index (Phi) is 3.61. The first-order valence-electron chi connectivity index (χ1n) is 5.92. The van der Waals surface area contributed by atoms with Gasteiger partial charge in [0, 0.05) is 19.2 Å². The van der Waals surface area contributed by atoms with Gasteiger partial charge in [0.2, 0.25) is 5.91 Å². The van der Waals surface area contributed by atoms with E-state index in [1.54, 1.807) is 30.1 Å². The van der Waals surface area contributed by atoms with Crippen LogP contribution in [-0.2, 0) is 10.7 Å². The zero-order chi connectivity index (χ0) is 13.2. The number of halogens is 2. The molecule has 5 heteroatoms. The van der Waals surface area contributed by atoms with Crippen LogP contribution in [0.2, 0.25) is 0 Å². The van der Waals surface area contributed by atoms with Crippen molar-refractivity contribution >= 4 is 5.91 Å². The Hall–Kier alpha value is -1.49. The normalized spacial score (nSPS) is 20.5. The van der Waals surface area contributed by atoms with Crippen LogP contribution in [0, 0.1) is 0 Å². The summed E-state index contributed by atoms with van der Waals surface area (Å²) in [5.74, 6) is -3.07. The van der Waals surface area contributed by atoms with Crippen molar-refractivity contribution < 1.29 is 13.6 Å². The number of likely N-dealkylation sites (tertiary alicyclic amines) is 1. The second-order valence-electron chi connectivity index (χ2n) is 4.55. The molecule has 18 heavy (non-hydrogen) atoms. The van der Waals surface area contributed by atoms with Gasteiger partial charge in [-0.25, -0.2) is 0 Å². The number of amides is 1. The highest BCUT2D eigenvalue weighted by molar-refractivity contribution is 5.83. The molecule has 0 radical (unpaired) electrons. The molecule has 1 atom stereocenters. The number of carbonyl (C=O) groups excluding carboxylic acids is 1. The van der Waals surface area contributed by atoms with Crippen molar-refractivity contribution in [1.29, 1.82) is 0 Å². The van der Waals surface area contributed by atoms with Crippen LogP contribution >= 0.6 is 0 Å². The molecule has 3 nitrogen and oxygen atoms in total. The van der Waals surface area contributed by atoms with Gasteiger partial charge in [-0.3, -0.25) is 10.1 Å². The Morgan fingerprint density at radius 1 is 1.39 bits per heavy atom. The monoisotopic (exact) mass is 254 g/mol. The molecule has 1 aromatic rings. The van der Waals surface area contributed by atoms with Gasteiger partial charge in [-0.05, 0) is 6.42 Å². The standard InChI is InChI=1S/C13H16F2N2O/c1-17-8-7-11(12(17)18)16-9-13(14,15)10-5-3-2-4-6-10/h2-6,11,16H,7-9H2,1H3. The Bertz CT molecular complexity index is 422. The molecular formula is C13H16F2N2O. The number of carbonyl (C=O) groups is 1. The van der Waals surface area contributed by atoms with E-state index in [9.17, 15) is 13.6 Å². The minimum absolute atomic E-state index is 0.0312. The zero-order valence-corrected chi connectivity index (χ0v) is 10.2. The highest BCUT2D eigenvalue weighted by atomic mass is 19.3. The fourth-order valence-corrected chi connectivity index (χ4v) is 2.05. The third-order valence-electron chi connectivity index (χ3n) is 3.19. The molecule has 1 heterocycles. The summed E-state index contributed by atoms with van der Waals surface area (Å²) in [5, 5.41) is 2.66. The van der Waals surface area contributed by atoms with Gasteiger partial charge in [0.25, 0.3) is 5.92 Å². The van der Waals surface area contributed by atoms with Crippen molar-refractivity contribution in [2.45, 2.75) is 18.4 Å². The number of hydrogen-bond acceptors (Lipinski definition) is 2. The lowest BCUT2D eigenvalue weighted by Gasteiger charge is -2.19. The van der Waals surface area contributed by atoms with Crippen LogP contribution in [0.15, 0.2) is 30.3 Å². The molecule has 1 amide bonds. The summed E-state index contributed by atoms with van der Waals surface area (Å²) in [6, 6.07) is 7.16. The second kappa shape index (κ2) is 5.02. The average Bonchev–Trinajstić information content (AvgIpc) is 2.69. The Morgan fingerprint density at radius 2 is 2.06 bits per heavy atom. The summed E-state index contributed by atoms with van der Waals surface area (Å²) in [5.41, 5.74) is -0.0312. The smallest absolute Gasteiger partial charge is 0.285 e. The van der Waals surface area contributed by atoms with E-state index in [1.807, 2.05) is 0 Å². The topological polar surface area (TPSA) is 32.3 Å². The van der Waals surface area contributed by atoms with E-state index in [0.717, 1.165) is 0 Å². The average molecular weight is 254 g/mol. The van der Waals surface area contributed by atoms with Gasteiger partial charge in [0.15, 0.2) is 0 Å². The lowest BCUT2D eigenvalue weighted by molar-refractivity contribution is -0.128. The third-order valence-corrected chi connectivity index (χ3v) is 3.19. The quantitative estimate of drug-likeness (QED) is 0.885. The molecule has 2 rings (SSSR count). The summed E-state index contributed by atoms with van der Waals surface area (Å²) in [4.78, 5) is 13.1. The predicted octanol–water partition coefficient (Wildman–Crippen LogP) is 1.60. The molecule has 0 aromatic heterocycles. The second-order valence-corrected chi connectivity index (χ2v) is 4.55. The molecule has 1 aliphatic heterocycles. The molecule has 0 bridgehead atoms. The number of nitrogens with one attached hydrogen (secondary N) is 1. The number of benzene rings is 1. The van der Waals surface area contributed by atoms with Crippen LogP contribution in [0.25, 0.3) is 0 Å². The molecular weight excluding hydrogens is 238 g/mol. The summed E-state index contributed by atoms with van der Waals surface area (Å²) in [7, 11) is 1.68. The Morgan fingerprint density at radius 3 is 2.61 bits per heavy atom. The van der Waals surface area contributed by atoms with Crippen molar-refractivity contribution in [2.24, 2.45) is 0 Å². The van der Waals surface area contributed by atoms with E-state index in [0.29, 0.717) is 13.0 Å². The van der Waals surface area contributed by atoms with Crippen LogP contribution in [-0.4, -0.2) is 37.0 Å². The predicted molar refractivity (Wildman–Crippen MR) is 64.4 cm³/mol. The number of hydrogen-bond donors (Lipinski definition) is 1. The van der Waals surface area contributed by atoms with Gasteiger partial charge in [0.05, 0.1) is 12.6 Å². The summed E-state index contributed by atoms with van der Waals surface area (Å²) in [6.07, 6.45) is 0.584. The van der Waals surface area contributed by atoms with Gasteiger partial charge in [0.1, 0.15) is 0 Å². The largest absolute Gasteiger partial charge is 0.344 e. The van der Waals surface area contributed by atoms with Crippen molar-refractivity contribution in [2.75, 3.05) is 20.1 Å². The molecule has 1 aromatic carbocycles. The van der Waals surface area contributed by atoms with Crippen LogP contribution in [0.5, 0.6) is 0 Å². The van der Waals surface area contributed by atoms with Gasteiger partial charge >= 0.3 is 0 Å². The molecule has 0 spiro atoms. The van der Waals surface area contributed by atoms with E-state index in [1.165, 1.54) is 12.1 Å². The lowest BCUT2D eigenvalue weighted by Crippen LogP contribution is -2.42. The van der Waals surface area contributed by atoms with E-state index < -0.39 is 18.5 Å². The maximum Gasteiger partial charge on any atom is 0.285 e. The van der Waals surface area contributed by atoms with Gasteiger partial charge < -0.3 is 4.90 Å². The maximum atomic E-state index is 13.8. The highest BCUT2D eigenvalue weighted by Crippen LogP contribution is 2.27. The SMILES string of the molecule is CN1CCC(NCC(F)(F)c2ccccc2)C1=O. The molecule has 0 aliphatic carbocycles. The van der Waals surface area contributed by atoms with E-state index in [-0.39, 0.29) is 11.5 Å². The van der Waals surface area contributed by atoms with Crippen LogP contribution < -0.4 is 5.32 Å². The molecule has 98 valence electrons. The van der Waals surface area contributed by atoms with Crippen LogP contribution in [0.3, 0.4) is 0 Å². The van der Waals surface area contributed by atoms with Crippen molar-refractivity contribution in [3.63, 3.8) is 0 Å². The first kappa shape index (κ1) is 13.0. The minimum atomic E-state index is -2.96. The first-order chi connectivity index (χ1) is 8.50. The van der Waals surface area contributed by atoms with Crippen LogP contribution in [0.4, 0.5) is 8.78 Å². The first-order valence-corrected chi connectivity index (χ1v) is 5.92. The van der Waals surface area contributed by atoms with Crippen molar-refractivity contribution in [3.8, 4) is 0 Å². The lowest BCUT2D eigenvalue weighted by atomic mass is 10.1. The van der Waals surface area contributed by atoms with Gasteiger partial charge in [-0.15, -0.1) is 0 Å². The molecule has 0 saturated carbocycles. The summed E-state index contributed by atoms with van der Waals surface area (Å²) in [6.45, 7) is 0.106. The third kappa shape index (κ3) is 2.67. The maximum absolute atomic E-state index is 13.8. The van der Waals surface area contributed by atoms with Crippen molar-refractivity contribution in [1.82, 2.24) is 10.2 Å². The van der Waals surface area contributed by atoms with Gasteiger partial charge in [-0.2, -0.15) is 8.78 Å². The highest BCUT2D eigenvalue weighted by Gasteiger charge is 2.35. The summed E-state index contributed by atoms with van der Waals surface area (Å²) >= 11 is 0. The number of alkyl halides is 2. The molecule has 1 saturated heterocycles. The van der Waals surface area contributed by atoms with E-state index in [4.69, 9.17) is 0 Å². The number of rotatable bonds is 4. The minimum Gasteiger partial charge on any atom is -0.344 e. The molecule has 1 aliphatic rings. The fraction of sp³-hybridized carbons (Fsp3) is 0.462. The molecule has 1 N–H and O–H groups in total. The van der Waals surface area contributed by atoms with Gasteiger partial charge in [-0.1, -0.05) is 30.3 Å². The van der Waals surface area contributed by atoms with E-state index in [2.05, 4.69) is 5.32 Å². The fourth-order valence-electron chi connectivity index (χ4n) is 2.05. The summed E-state index contributed by atoms with van der Waals surface area (Å²) < 4.78 is 27.7. The molecule has 1 fully saturated rings. The zero-order valence-electron chi connectivity index (χ0n) is 10.2. The van der Waals surface area contributed by atoms with Crippen LogP contribution in [0.1, 0.15) is 12.0 Å². The van der Waals surface area contributed by atoms with Crippen molar-refractivity contribution in [3.05, 3.63) is 35.9 Å².